The fourth-order valence-electron chi connectivity index (χ4n) is 3.99. The van der Waals surface area contributed by atoms with Crippen LogP contribution in [0.25, 0.3) is 11.1 Å². The van der Waals surface area contributed by atoms with E-state index >= 15 is 0 Å². The SMILES string of the molecule is C=O.CF.COc1ccc2c(c1)C(CO)=C(C)/C2=C/C1=CC=C(Oc2ccccc2)C(OC)C1. The van der Waals surface area contributed by atoms with E-state index in [1.807, 2.05) is 55.3 Å². The maximum Gasteiger partial charge on any atom is 0.133 e. The van der Waals surface area contributed by atoms with Crippen molar-refractivity contribution >= 4 is 17.9 Å². The molecular formula is C28H31FO5. The molecule has 1 unspecified atom stereocenters. The topological polar surface area (TPSA) is 65.0 Å². The summed E-state index contributed by atoms with van der Waals surface area (Å²) in [5, 5.41) is 9.94. The standard InChI is InChI=1S/C26H26O4.CH3F.CH2O/c1-17-22(21-11-10-20(28-2)15-23(21)24(17)16-27)13-18-9-12-25(26(14-18)29-3)30-19-7-5-4-6-8-19;2*1-2/h4-13,15,26-27H,14,16H2,1-3H3;1H3;1H2/b22-13-;;. The lowest BCUT2D eigenvalue weighted by Gasteiger charge is -2.23. The second kappa shape index (κ2) is 13.3. The Hall–Kier alpha value is -3.48. The predicted molar refractivity (Wildman–Crippen MR) is 133 cm³/mol. The summed E-state index contributed by atoms with van der Waals surface area (Å²) in [5.41, 5.74) is 6.45. The van der Waals surface area contributed by atoms with Crippen LogP contribution in [0.2, 0.25) is 0 Å². The minimum Gasteiger partial charge on any atom is -0.497 e. The summed E-state index contributed by atoms with van der Waals surface area (Å²) < 4.78 is 26.6. The lowest BCUT2D eigenvalue weighted by molar-refractivity contribution is -0.0980. The number of allylic oxidation sites excluding steroid dienone is 5. The van der Waals surface area contributed by atoms with Crippen LogP contribution in [0.5, 0.6) is 11.5 Å². The van der Waals surface area contributed by atoms with Crippen molar-refractivity contribution in [3.63, 3.8) is 0 Å². The molecule has 180 valence electrons. The van der Waals surface area contributed by atoms with Crippen LogP contribution >= 0.6 is 0 Å². The van der Waals surface area contributed by atoms with E-state index < -0.39 is 0 Å². The van der Waals surface area contributed by atoms with E-state index in [1.165, 1.54) is 0 Å². The first-order valence-electron chi connectivity index (χ1n) is 10.7. The summed E-state index contributed by atoms with van der Waals surface area (Å²) in [7, 11) is 3.86. The molecule has 0 saturated heterocycles. The molecule has 2 aliphatic rings. The van der Waals surface area contributed by atoms with Crippen LogP contribution in [0, 0.1) is 0 Å². The molecule has 0 saturated carbocycles. The van der Waals surface area contributed by atoms with Crippen LogP contribution in [0.4, 0.5) is 4.39 Å². The zero-order valence-electron chi connectivity index (χ0n) is 20.0. The first kappa shape index (κ1) is 26.8. The summed E-state index contributed by atoms with van der Waals surface area (Å²) in [6.07, 6.45) is 6.80. The maximum absolute atomic E-state index is 9.94. The highest BCUT2D eigenvalue weighted by Gasteiger charge is 2.26. The van der Waals surface area contributed by atoms with E-state index in [0.717, 1.165) is 50.7 Å². The van der Waals surface area contributed by atoms with Gasteiger partial charge in [-0.05, 0) is 70.7 Å². The third kappa shape index (κ3) is 5.90. The van der Waals surface area contributed by atoms with Crippen LogP contribution in [0.3, 0.4) is 0 Å². The zero-order valence-corrected chi connectivity index (χ0v) is 20.0. The quantitative estimate of drug-likeness (QED) is 0.603. The second-order valence-electron chi connectivity index (χ2n) is 7.39. The number of aliphatic hydroxyl groups excluding tert-OH is 1. The molecule has 0 radical (unpaired) electrons. The van der Waals surface area contributed by atoms with Gasteiger partial charge in [0.2, 0.25) is 0 Å². The molecule has 5 nitrogen and oxygen atoms in total. The largest absolute Gasteiger partial charge is 0.497 e. The molecule has 0 heterocycles. The summed E-state index contributed by atoms with van der Waals surface area (Å²) in [6, 6.07) is 15.7. The minimum absolute atomic E-state index is 0.00193. The number of para-hydroxylation sites is 1. The number of alkyl halides is 1. The van der Waals surface area contributed by atoms with Crippen molar-refractivity contribution < 1.29 is 28.5 Å². The number of fused-ring (bicyclic) bond motifs is 1. The monoisotopic (exact) mass is 466 g/mol. The number of aliphatic hydroxyl groups is 1. The number of halogens is 1. The average Bonchev–Trinajstić information content (AvgIpc) is 3.17. The molecule has 2 aromatic rings. The van der Waals surface area contributed by atoms with Gasteiger partial charge in [0, 0.05) is 13.5 Å². The lowest BCUT2D eigenvalue weighted by Crippen LogP contribution is -2.21. The Balaban J connectivity index is 0.000000970. The van der Waals surface area contributed by atoms with Gasteiger partial charge in [-0.25, -0.2) is 0 Å². The van der Waals surface area contributed by atoms with Gasteiger partial charge in [-0.1, -0.05) is 36.4 Å². The molecular weight excluding hydrogens is 435 g/mol. The summed E-state index contributed by atoms with van der Waals surface area (Å²) in [5.74, 6) is 2.38. The van der Waals surface area contributed by atoms with Gasteiger partial charge >= 0.3 is 0 Å². The molecule has 0 fully saturated rings. The number of hydrogen-bond donors (Lipinski definition) is 1. The molecule has 0 aromatic heterocycles. The van der Waals surface area contributed by atoms with Crippen molar-refractivity contribution in [2.45, 2.75) is 19.4 Å². The van der Waals surface area contributed by atoms with Crippen molar-refractivity contribution in [1.29, 1.82) is 0 Å². The molecule has 1 atom stereocenters. The van der Waals surface area contributed by atoms with E-state index in [2.05, 4.69) is 25.1 Å². The smallest absolute Gasteiger partial charge is 0.133 e. The number of benzene rings is 2. The van der Waals surface area contributed by atoms with Crippen molar-refractivity contribution in [2.75, 3.05) is 28.0 Å². The number of ether oxygens (including phenoxy) is 3. The van der Waals surface area contributed by atoms with Gasteiger partial charge in [0.1, 0.15) is 30.2 Å². The number of carbonyl (C=O) groups is 1. The molecule has 2 aromatic carbocycles. The summed E-state index contributed by atoms with van der Waals surface area (Å²) in [6.45, 7) is 4.05. The Morgan fingerprint density at radius 2 is 1.74 bits per heavy atom. The Bertz CT molecular complexity index is 1080. The maximum atomic E-state index is 9.94. The van der Waals surface area contributed by atoms with Gasteiger partial charge in [0.05, 0.1) is 20.9 Å². The molecule has 1 N–H and O–H groups in total. The van der Waals surface area contributed by atoms with Crippen LogP contribution < -0.4 is 9.47 Å². The third-order valence-electron chi connectivity index (χ3n) is 5.65. The second-order valence-corrected chi connectivity index (χ2v) is 7.39. The molecule has 2 aliphatic carbocycles. The van der Waals surface area contributed by atoms with E-state index in [1.54, 1.807) is 14.2 Å². The number of methoxy groups -OCH3 is 2. The first-order chi connectivity index (χ1) is 16.6. The van der Waals surface area contributed by atoms with Crippen LogP contribution in [-0.4, -0.2) is 46.0 Å². The lowest BCUT2D eigenvalue weighted by atomic mass is 9.95. The van der Waals surface area contributed by atoms with Crippen LogP contribution in [-0.2, 0) is 9.53 Å². The Labute approximate surface area is 200 Å². The molecule has 0 bridgehead atoms. The molecule has 6 heteroatoms. The highest BCUT2D eigenvalue weighted by molar-refractivity contribution is 6.00. The van der Waals surface area contributed by atoms with Crippen LogP contribution in [0.15, 0.2) is 83.7 Å². The van der Waals surface area contributed by atoms with Crippen molar-refractivity contribution in [3.8, 4) is 11.5 Å². The number of rotatable bonds is 6. The van der Waals surface area contributed by atoms with Gasteiger partial charge in [-0.3, -0.25) is 4.39 Å². The van der Waals surface area contributed by atoms with Gasteiger partial charge in [0.15, 0.2) is 0 Å². The van der Waals surface area contributed by atoms with E-state index in [4.69, 9.17) is 19.0 Å². The fourth-order valence-corrected chi connectivity index (χ4v) is 3.99. The molecule has 0 aliphatic heterocycles. The van der Waals surface area contributed by atoms with E-state index in [9.17, 15) is 9.50 Å². The third-order valence-corrected chi connectivity index (χ3v) is 5.65. The summed E-state index contributed by atoms with van der Waals surface area (Å²) in [4.78, 5) is 8.00. The van der Waals surface area contributed by atoms with Gasteiger partial charge < -0.3 is 24.1 Å². The molecule has 4 rings (SSSR count). The normalized spacial score (nSPS) is 17.5. The van der Waals surface area contributed by atoms with Gasteiger partial charge in [-0.2, -0.15) is 0 Å². The van der Waals surface area contributed by atoms with Gasteiger partial charge in [0.25, 0.3) is 0 Å². The van der Waals surface area contributed by atoms with E-state index in [-0.39, 0.29) is 12.7 Å². The molecule has 0 amide bonds. The Morgan fingerprint density at radius 3 is 2.35 bits per heavy atom. The zero-order chi connectivity index (χ0) is 25.1. The van der Waals surface area contributed by atoms with E-state index in [0.29, 0.717) is 13.6 Å². The Kier molecular flexibility index (Phi) is 10.5. The number of hydrogen-bond acceptors (Lipinski definition) is 5. The highest BCUT2D eigenvalue weighted by atomic mass is 19.1. The number of carbonyl (C=O) groups excluding carboxylic acids is 1. The molecule has 34 heavy (non-hydrogen) atoms. The van der Waals surface area contributed by atoms with Crippen molar-refractivity contribution in [1.82, 2.24) is 0 Å². The Morgan fingerprint density at radius 1 is 1.03 bits per heavy atom. The summed E-state index contributed by atoms with van der Waals surface area (Å²) >= 11 is 0. The van der Waals surface area contributed by atoms with Gasteiger partial charge in [-0.15, -0.1) is 0 Å². The fraction of sp³-hybridized carbons (Fsp3) is 0.250. The first-order valence-corrected chi connectivity index (χ1v) is 10.7. The average molecular weight is 467 g/mol. The predicted octanol–water partition coefficient (Wildman–Crippen LogP) is 5.57. The van der Waals surface area contributed by atoms with Crippen molar-refractivity contribution in [3.05, 3.63) is 94.8 Å². The minimum atomic E-state index is -0.152. The van der Waals surface area contributed by atoms with Crippen LogP contribution in [0.1, 0.15) is 24.5 Å². The molecule has 0 spiro atoms. The van der Waals surface area contributed by atoms with Crippen molar-refractivity contribution in [2.24, 2.45) is 0 Å². The highest BCUT2D eigenvalue weighted by Crippen LogP contribution is 2.43.